The maximum absolute atomic E-state index is 12.5. The van der Waals surface area contributed by atoms with Crippen molar-refractivity contribution in [1.29, 1.82) is 0 Å². The lowest BCUT2D eigenvalue weighted by molar-refractivity contribution is 0.177. The molecular weight excluding hydrogens is 290 g/mol. The van der Waals surface area contributed by atoms with Gasteiger partial charge in [0.25, 0.3) is 0 Å². The molecule has 2 rings (SSSR count). The zero-order valence-electron chi connectivity index (χ0n) is 10.5. The molecular formula is C11H16ClN3O3S. The van der Waals surface area contributed by atoms with Gasteiger partial charge in [-0.05, 0) is 18.9 Å². The molecule has 0 spiro atoms. The highest BCUT2D eigenvalue weighted by Crippen LogP contribution is 2.32. The molecule has 19 heavy (non-hydrogen) atoms. The van der Waals surface area contributed by atoms with Crippen molar-refractivity contribution >= 4 is 27.4 Å². The fourth-order valence-electron chi connectivity index (χ4n) is 1.75. The number of ether oxygens (including phenoxy) is 1. The van der Waals surface area contributed by atoms with E-state index in [0.717, 1.165) is 12.8 Å². The summed E-state index contributed by atoms with van der Waals surface area (Å²) in [6.07, 6.45) is 2.98. The predicted octanol–water partition coefficient (Wildman–Crippen LogP) is 1.12. The molecule has 1 heterocycles. The fourth-order valence-corrected chi connectivity index (χ4v) is 3.62. The molecule has 2 N–H and O–H groups in total. The summed E-state index contributed by atoms with van der Waals surface area (Å²) >= 11 is 5.83. The number of nitrogen functional groups attached to an aromatic ring is 1. The van der Waals surface area contributed by atoms with E-state index < -0.39 is 10.0 Å². The second-order valence-electron chi connectivity index (χ2n) is 4.38. The van der Waals surface area contributed by atoms with E-state index in [2.05, 4.69) is 4.98 Å². The second-order valence-corrected chi connectivity index (χ2v) is 6.68. The number of aromatic nitrogens is 1. The third-order valence-electron chi connectivity index (χ3n) is 2.92. The molecule has 1 aromatic rings. The van der Waals surface area contributed by atoms with E-state index in [9.17, 15) is 8.42 Å². The molecule has 1 aromatic heterocycles. The first-order chi connectivity index (χ1) is 8.96. The van der Waals surface area contributed by atoms with Gasteiger partial charge in [0.05, 0.1) is 11.6 Å². The van der Waals surface area contributed by atoms with Crippen LogP contribution in [0.25, 0.3) is 0 Å². The Bertz CT molecular complexity index is 560. The van der Waals surface area contributed by atoms with Crippen molar-refractivity contribution in [2.24, 2.45) is 0 Å². The van der Waals surface area contributed by atoms with Crippen molar-refractivity contribution in [1.82, 2.24) is 9.29 Å². The molecule has 1 aliphatic rings. The number of nitrogens with two attached hydrogens (primary N) is 1. The monoisotopic (exact) mass is 305 g/mol. The lowest BCUT2D eigenvalue weighted by Gasteiger charge is -2.21. The number of methoxy groups -OCH3 is 1. The van der Waals surface area contributed by atoms with E-state index in [1.54, 1.807) is 7.11 Å². The minimum atomic E-state index is -3.60. The van der Waals surface area contributed by atoms with Crippen LogP contribution >= 0.6 is 11.6 Å². The van der Waals surface area contributed by atoms with Crippen LogP contribution in [-0.4, -0.2) is 44.0 Å². The molecule has 6 nitrogen and oxygen atoms in total. The molecule has 0 atom stereocenters. The molecule has 0 amide bonds. The highest BCUT2D eigenvalue weighted by molar-refractivity contribution is 7.89. The fraction of sp³-hybridized carbons (Fsp3) is 0.545. The van der Waals surface area contributed by atoms with E-state index in [1.807, 2.05) is 0 Å². The van der Waals surface area contributed by atoms with Gasteiger partial charge in [-0.25, -0.2) is 13.4 Å². The van der Waals surface area contributed by atoms with E-state index in [-0.39, 0.29) is 21.8 Å². The summed E-state index contributed by atoms with van der Waals surface area (Å²) in [6, 6.07) is 1.39. The van der Waals surface area contributed by atoms with Gasteiger partial charge in [0, 0.05) is 25.9 Å². The standard InChI is InChI=1S/C11H16ClN3O3S/c1-18-5-4-15(8-2-3-8)19(16,17)9-6-10(12)11(13)14-7-9/h6-8H,2-5H2,1H3,(H2,13,14). The zero-order valence-corrected chi connectivity index (χ0v) is 12.1. The second kappa shape index (κ2) is 5.62. The Hall–Kier alpha value is -0.890. The Morgan fingerprint density at radius 1 is 1.58 bits per heavy atom. The van der Waals surface area contributed by atoms with Crippen molar-refractivity contribution in [2.45, 2.75) is 23.8 Å². The number of hydrogen-bond donors (Lipinski definition) is 1. The quantitative estimate of drug-likeness (QED) is 0.851. The van der Waals surface area contributed by atoms with E-state index in [4.69, 9.17) is 22.1 Å². The maximum atomic E-state index is 12.5. The molecule has 1 aliphatic carbocycles. The third kappa shape index (κ3) is 3.17. The first kappa shape index (κ1) is 14.5. The molecule has 0 aliphatic heterocycles. The summed E-state index contributed by atoms with van der Waals surface area (Å²) in [4.78, 5) is 3.86. The molecule has 1 saturated carbocycles. The maximum Gasteiger partial charge on any atom is 0.244 e. The number of nitrogens with zero attached hydrogens (tertiary/aromatic N) is 2. The normalized spacial score (nSPS) is 15.9. The number of rotatable bonds is 6. The van der Waals surface area contributed by atoms with Crippen LogP contribution in [0.3, 0.4) is 0 Å². The molecule has 0 aromatic carbocycles. The average Bonchev–Trinajstić information content (AvgIpc) is 3.17. The number of hydrogen-bond acceptors (Lipinski definition) is 5. The molecule has 0 bridgehead atoms. The summed E-state index contributed by atoms with van der Waals surface area (Å²) in [6.45, 7) is 0.678. The minimum Gasteiger partial charge on any atom is -0.383 e. The Morgan fingerprint density at radius 3 is 2.79 bits per heavy atom. The van der Waals surface area contributed by atoms with Crippen molar-refractivity contribution in [3.05, 3.63) is 17.3 Å². The average molecular weight is 306 g/mol. The van der Waals surface area contributed by atoms with Gasteiger partial charge < -0.3 is 10.5 Å². The predicted molar refractivity (Wildman–Crippen MR) is 72.4 cm³/mol. The van der Waals surface area contributed by atoms with Crippen LogP contribution < -0.4 is 5.73 Å². The Labute approximate surface area is 117 Å². The van der Waals surface area contributed by atoms with E-state index in [0.29, 0.717) is 13.2 Å². The smallest absolute Gasteiger partial charge is 0.244 e. The van der Waals surface area contributed by atoms with E-state index in [1.165, 1.54) is 16.6 Å². The summed E-state index contributed by atoms with van der Waals surface area (Å²) < 4.78 is 31.4. The lowest BCUT2D eigenvalue weighted by Crippen LogP contribution is -2.35. The first-order valence-electron chi connectivity index (χ1n) is 5.88. The molecule has 0 radical (unpaired) electrons. The number of halogens is 1. The molecule has 106 valence electrons. The zero-order chi connectivity index (χ0) is 14.0. The largest absolute Gasteiger partial charge is 0.383 e. The summed E-state index contributed by atoms with van der Waals surface area (Å²) in [5, 5.41) is 0.142. The molecule has 0 saturated heterocycles. The van der Waals surface area contributed by atoms with Crippen LogP contribution in [0.4, 0.5) is 5.82 Å². The molecule has 8 heteroatoms. The van der Waals surface area contributed by atoms with E-state index >= 15 is 0 Å². The van der Waals surface area contributed by atoms with Crippen LogP contribution in [0.1, 0.15) is 12.8 Å². The van der Waals surface area contributed by atoms with Crippen molar-refractivity contribution < 1.29 is 13.2 Å². The van der Waals surface area contributed by atoms with Crippen LogP contribution in [0.2, 0.25) is 5.02 Å². The van der Waals surface area contributed by atoms with Crippen molar-refractivity contribution in [3.8, 4) is 0 Å². The highest BCUT2D eigenvalue weighted by atomic mass is 35.5. The Kier molecular flexibility index (Phi) is 4.29. The number of pyridine rings is 1. The molecule has 0 unspecified atom stereocenters. The summed E-state index contributed by atoms with van der Waals surface area (Å²) in [7, 11) is -2.06. The topological polar surface area (TPSA) is 85.5 Å². The number of sulfonamides is 1. The van der Waals surface area contributed by atoms with Gasteiger partial charge in [-0.2, -0.15) is 4.31 Å². The minimum absolute atomic E-state index is 0.0523. The first-order valence-corrected chi connectivity index (χ1v) is 7.70. The van der Waals surface area contributed by atoms with Gasteiger partial charge >= 0.3 is 0 Å². The molecule has 1 fully saturated rings. The van der Waals surface area contributed by atoms with Crippen LogP contribution in [0.15, 0.2) is 17.2 Å². The summed E-state index contributed by atoms with van der Waals surface area (Å²) in [5.74, 6) is 0.121. The van der Waals surface area contributed by atoms with Gasteiger partial charge in [-0.15, -0.1) is 0 Å². The Balaban J connectivity index is 2.30. The summed E-state index contributed by atoms with van der Waals surface area (Å²) in [5.41, 5.74) is 5.49. The van der Waals surface area contributed by atoms with Gasteiger partial charge in [0.15, 0.2) is 0 Å². The highest BCUT2D eigenvalue weighted by Gasteiger charge is 2.38. The van der Waals surface area contributed by atoms with Gasteiger partial charge in [0.1, 0.15) is 10.7 Å². The van der Waals surface area contributed by atoms with Gasteiger partial charge in [0.2, 0.25) is 10.0 Å². The lowest BCUT2D eigenvalue weighted by atomic mass is 10.5. The van der Waals surface area contributed by atoms with Crippen LogP contribution in [-0.2, 0) is 14.8 Å². The third-order valence-corrected chi connectivity index (χ3v) is 5.14. The Morgan fingerprint density at radius 2 is 2.26 bits per heavy atom. The van der Waals surface area contributed by atoms with Crippen molar-refractivity contribution in [2.75, 3.05) is 26.0 Å². The number of anilines is 1. The van der Waals surface area contributed by atoms with Gasteiger partial charge in [-0.1, -0.05) is 11.6 Å². The van der Waals surface area contributed by atoms with Crippen molar-refractivity contribution in [3.63, 3.8) is 0 Å². The van der Waals surface area contributed by atoms with Gasteiger partial charge in [-0.3, -0.25) is 0 Å². The van der Waals surface area contributed by atoms with Crippen LogP contribution in [0, 0.1) is 0 Å². The SMILES string of the molecule is COCCN(C1CC1)S(=O)(=O)c1cnc(N)c(Cl)c1. The van der Waals surface area contributed by atoms with Crippen LogP contribution in [0.5, 0.6) is 0 Å².